The van der Waals surface area contributed by atoms with Crippen molar-refractivity contribution < 1.29 is 17.9 Å². The van der Waals surface area contributed by atoms with E-state index in [1.54, 1.807) is 13.8 Å². The molecule has 106 valence electrons. The topological polar surface area (TPSA) is 85.4 Å². The van der Waals surface area contributed by atoms with E-state index < -0.39 is 22.0 Å². The molecule has 0 aromatic carbocycles. The van der Waals surface area contributed by atoms with Gasteiger partial charge in [0.25, 0.3) is 15.9 Å². The van der Waals surface area contributed by atoms with Gasteiger partial charge in [-0.3, -0.25) is 4.79 Å². The first-order valence-corrected chi connectivity index (χ1v) is 8.25. The summed E-state index contributed by atoms with van der Waals surface area (Å²) in [5.41, 5.74) is 0.406. The monoisotopic (exact) mass is 304 g/mol. The molecule has 1 aromatic heterocycles. The molecular formula is C11H16N2O4S2. The zero-order valence-electron chi connectivity index (χ0n) is 11.0. The molecule has 1 fully saturated rings. The predicted octanol–water partition coefficient (Wildman–Crippen LogP) is 1.13. The molecule has 0 aliphatic carbocycles. The molecule has 2 heterocycles. The van der Waals surface area contributed by atoms with Gasteiger partial charge < -0.3 is 4.74 Å². The summed E-state index contributed by atoms with van der Waals surface area (Å²) < 4.78 is 31.7. The van der Waals surface area contributed by atoms with Gasteiger partial charge in [0.2, 0.25) is 0 Å². The zero-order chi connectivity index (χ0) is 14.2. The number of carbonyl (C=O) groups is 1. The number of hydrogen-bond donors (Lipinski definition) is 1. The van der Waals surface area contributed by atoms with Crippen LogP contribution in [-0.2, 0) is 19.6 Å². The lowest BCUT2D eigenvalue weighted by atomic mass is 10.2. The lowest BCUT2D eigenvalue weighted by Gasteiger charge is -2.11. The Bertz CT molecular complexity index is 594. The van der Waals surface area contributed by atoms with E-state index in [-0.39, 0.29) is 10.3 Å². The van der Waals surface area contributed by atoms with Crippen LogP contribution in [0.15, 0.2) is 4.21 Å². The first-order chi connectivity index (χ1) is 8.79. The average molecular weight is 304 g/mol. The van der Waals surface area contributed by atoms with Gasteiger partial charge in [0.05, 0.1) is 16.8 Å². The number of nitrogens with zero attached hydrogens (tertiary/aromatic N) is 1. The Morgan fingerprint density at radius 1 is 1.42 bits per heavy atom. The van der Waals surface area contributed by atoms with E-state index >= 15 is 0 Å². The van der Waals surface area contributed by atoms with Gasteiger partial charge in [-0.05, 0) is 33.6 Å². The lowest BCUT2D eigenvalue weighted by Crippen LogP contribution is -2.38. The predicted molar refractivity (Wildman–Crippen MR) is 70.5 cm³/mol. The second-order valence-corrected chi connectivity index (χ2v) is 7.67. The van der Waals surface area contributed by atoms with E-state index in [4.69, 9.17) is 4.74 Å². The summed E-state index contributed by atoms with van der Waals surface area (Å²) in [7, 11) is -3.85. The van der Waals surface area contributed by atoms with Gasteiger partial charge in [0.1, 0.15) is 6.10 Å². The zero-order valence-corrected chi connectivity index (χ0v) is 12.6. The van der Waals surface area contributed by atoms with E-state index in [1.165, 1.54) is 0 Å². The summed E-state index contributed by atoms with van der Waals surface area (Å²) in [5, 5.41) is 0.649. The summed E-state index contributed by atoms with van der Waals surface area (Å²) in [6, 6.07) is 0. The third-order valence-corrected chi connectivity index (χ3v) is 5.89. The molecule has 2 atom stereocenters. The van der Waals surface area contributed by atoms with E-state index in [1.807, 2.05) is 6.92 Å². The van der Waals surface area contributed by atoms with Crippen LogP contribution in [-0.4, -0.2) is 31.5 Å². The minimum absolute atomic E-state index is 0.00848. The number of hydrogen-bond acceptors (Lipinski definition) is 6. The Hall–Kier alpha value is -0.990. The van der Waals surface area contributed by atoms with Crippen LogP contribution < -0.4 is 4.72 Å². The molecule has 8 heteroatoms. The van der Waals surface area contributed by atoms with Crippen molar-refractivity contribution >= 4 is 27.3 Å². The number of amides is 1. The van der Waals surface area contributed by atoms with Crippen LogP contribution in [0.25, 0.3) is 0 Å². The molecule has 1 saturated heterocycles. The number of thiazole rings is 1. The third-order valence-electron chi connectivity index (χ3n) is 2.86. The van der Waals surface area contributed by atoms with Crippen molar-refractivity contribution in [2.24, 2.45) is 0 Å². The van der Waals surface area contributed by atoms with Crippen LogP contribution in [0.2, 0.25) is 0 Å². The van der Waals surface area contributed by atoms with Gasteiger partial charge >= 0.3 is 0 Å². The molecule has 1 amide bonds. The van der Waals surface area contributed by atoms with Crippen LogP contribution in [0.1, 0.15) is 30.5 Å². The SMILES string of the molecule is Cc1nc(C)c(S(=O)(=O)NC(=O)C2CCC(C)O2)s1. The summed E-state index contributed by atoms with van der Waals surface area (Å²) in [5.74, 6) is -0.602. The van der Waals surface area contributed by atoms with Crippen LogP contribution in [0.4, 0.5) is 0 Å². The van der Waals surface area contributed by atoms with Crippen molar-refractivity contribution in [3.8, 4) is 0 Å². The number of carbonyl (C=O) groups excluding carboxylic acids is 1. The normalized spacial score (nSPS) is 23.5. The van der Waals surface area contributed by atoms with Gasteiger partial charge in [-0.25, -0.2) is 18.1 Å². The lowest BCUT2D eigenvalue weighted by molar-refractivity contribution is -0.129. The largest absolute Gasteiger partial charge is 0.365 e. The molecule has 0 saturated carbocycles. The molecule has 1 N–H and O–H groups in total. The molecule has 2 rings (SSSR count). The Morgan fingerprint density at radius 3 is 2.58 bits per heavy atom. The molecule has 1 aliphatic heterocycles. The van der Waals surface area contributed by atoms with Crippen LogP contribution in [0.5, 0.6) is 0 Å². The number of nitrogens with one attached hydrogen (secondary N) is 1. The fourth-order valence-electron chi connectivity index (χ4n) is 2.00. The molecule has 2 unspecified atom stereocenters. The quantitative estimate of drug-likeness (QED) is 0.905. The van der Waals surface area contributed by atoms with Crippen molar-refractivity contribution in [1.82, 2.24) is 9.71 Å². The average Bonchev–Trinajstić information content (AvgIpc) is 2.84. The standard InChI is InChI=1S/C11H16N2O4S2/c1-6-4-5-9(17-6)10(14)13-19(15,16)11-7(2)12-8(3)18-11/h6,9H,4-5H2,1-3H3,(H,13,14). The smallest absolute Gasteiger partial charge is 0.275 e. The Kier molecular flexibility index (Phi) is 3.93. The Balaban J connectivity index is 2.13. The molecule has 0 bridgehead atoms. The minimum atomic E-state index is -3.85. The van der Waals surface area contributed by atoms with Crippen LogP contribution >= 0.6 is 11.3 Å². The molecular weight excluding hydrogens is 288 g/mol. The summed E-state index contributed by atoms with van der Waals surface area (Å²) in [6.45, 7) is 5.19. The Morgan fingerprint density at radius 2 is 2.11 bits per heavy atom. The van der Waals surface area contributed by atoms with Gasteiger partial charge in [-0.2, -0.15) is 0 Å². The molecule has 0 spiro atoms. The highest BCUT2D eigenvalue weighted by atomic mass is 32.2. The number of aryl methyl sites for hydroxylation is 2. The van der Waals surface area contributed by atoms with Crippen molar-refractivity contribution in [2.45, 2.75) is 50.0 Å². The number of rotatable bonds is 3. The van der Waals surface area contributed by atoms with E-state index in [0.717, 1.165) is 17.8 Å². The highest BCUT2D eigenvalue weighted by Gasteiger charge is 2.32. The van der Waals surface area contributed by atoms with Gasteiger partial charge in [-0.1, -0.05) is 0 Å². The summed E-state index contributed by atoms with van der Waals surface area (Å²) in [6.07, 6.45) is 0.616. The van der Waals surface area contributed by atoms with E-state index in [9.17, 15) is 13.2 Å². The second-order valence-electron chi connectivity index (χ2n) is 4.59. The maximum Gasteiger partial charge on any atom is 0.275 e. The minimum Gasteiger partial charge on any atom is -0.365 e. The highest BCUT2D eigenvalue weighted by Crippen LogP contribution is 2.24. The van der Waals surface area contributed by atoms with Crippen LogP contribution in [0.3, 0.4) is 0 Å². The number of ether oxygens (including phenoxy) is 1. The molecule has 0 radical (unpaired) electrons. The van der Waals surface area contributed by atoms with E-state index in [2.05, 4.69) is 9.71 Å². The number of sulfonamides is 1. The highest BCUT2D eigenvalue weighted by molar-refractivity contribution is 7.92. The molecule has 6 nitrogen and oxygen atoms in total. The first kappa shape index (κ1) is 14.4. The third kappa shape index (κ3) is 3.13. The van der Waals surface area contributed by atoms with Crippen molar-refractivity contribution in [3.63, 3.8) is 0 Å². The maximum absolute atomic E-state index is 12.1. The first-order valence-electron chi connectivity index (χ1n) is 5.96. The van der Waals surface area contributed by atoms with Gasteiger partial charge in [0, 0.05) is 0 Å². The molecule has 19 heavy (non-hydrogen) atoms. The fraction of sp³-hybridized carbons (Fsp3) is 0.636. The molecule has 1 aromatic rings. The summed E-state index contributed by atoms with van der Waals surface area (Å²) in [4.78, 5) is 15.9. The van der Waals surface area contributed by atoms with Crippen LogP contribution in [0, 0.1) is 13.8 Å². The van der Waals surface area contributed by atoms with E-state index in [0.29, 0.717) is 17.1 Å². The molecule has 1 aliphatic rings. The van der Waals surface area contributed by atoms with Gasteiger partial charge in [-0.15, -0.1) is 11.3 Å². The van der Waals surface area contributed by atoms with Crippen molar-refractivity contribution in [3.05, 3.63) is 10.7 Å². The summed E-state index contributed by atoms with van der Waals surface area (Å²) >= 11 is 1.05. The maximum atomic E-state index is 12.1. The fourth-order valence-corrected chi connectivity index (χ4v) is 4.50. The second kappa shape index (κ2) is 5.18. The Labute approximate surface area is 116 Å². The van der Waals surface area contributed by atoms with Crippen molar-refractivity contribution in [1.29, 1.82) is 0 Å². The van der Waals surface area contributed by atoms with Crippen molar-refractivity contribution in [2.75, 3.05) is 0 Å². The number of aromatic nitrogens is 1. The van der Waals surface area contributed by atoms with Gasteiger partial charge in [0.15, 0.2) is 4.21 Å².